The Kier molecular flexibility index (Phi) is 2.72. The standard InChI is InChI=1S/C14H6Cl2N4O2/c15-8-4-11-12(5-9(8)16)19-14-13(17-11)7-3-6(20(21)22)1-2-10(7)18-14/h1-5H,(H,18,19). The highest BCUT2D eigenvalue weighted by atomic mass is 35.5. The third-order valence-corrected chi connectivity index (χ3v) is 4.15. The Morgan fingerprint density at radius 2 is 1.73 bits per heavy atom. The largest absolute Gasteiger partial charge is 0.338 e. The molecule has 4 aromatic rings. The lowest BCUT2D eigenvalue weighted by molar-refractivity contribution is -0.384. The van der Waals surface area contributed by atoms with E-state index in [-0.39, 0.29) is 5.69 Å². The van der Waals surface area contributed by atoms with Gasteiger partial charge in [0, 0.05) is 23.0 Å². The van der Waals surface area contributed by atoms with Crippen molar-refractivity contribution < 1.29 is 4.92 Å². The quantitative estimate of drug-likeness (QED) is 0.411. The fraction of sp³-hybridized carbons (Fsp3) is 0. The van der Waals surface area contributed by atoms with Crippen LogP contribution in [0.2, 0.25) is 10.0 Å². The number of fused-ring (bicyclic) bond motifs is 4. The molecule has 6 nitrogen and oxygen atoms in total. The molecule has 8 heteroatoms. The second-order valence-electron chi connectivity index (χ2n) is 4.79. The lowest BCUT2D eigenvalue weighted by Crippen LogP contribution is -1.87. The van der Waals surface area contributed by atoms with Gasteiger partial charge in [0.1, 0.15) is 5.52 Å². The Morgan fingerprint density at radius 1 is 1.05 bits per heavy atom. The summed E-state index contributed by atoms with van der Waals surface area (Å²) in [6, 6.07) is 7.82. The minimum Gasteiger partial charge on any atom is -0.338 e. The van der Waals surface area contributed by atoms with Crippen molar-refractivity contribution in [1.82, 2.24) is 15.0 Å². The van der Waals surface area contributed by atoms with Crippen LogP contribution < -0.4 is 0 Å². The molecule has 0 aliphatic carbocycles. The van der Waals surface area contributed by atoms with Crippen molar-refractivity contribution in [2.24, 2.45) is 0 Å². The summed E-state index contributed by atoms with van der Waals surface area (Å²) in [5, 5.41) is 12.3. The number of halogens is 2. The highest BCUT2D eigenvalue weighted by molar-refractivity contribution is 6.42. The summed E-state index contributed by atoms with van der Waals surface area (Å²) < 4.78 is 0. The first kappa shape index (κ1) is 13.2. The van der Waals surface area contributed by atoms with Gasteiger partial charge in [-0.1, -0.05) is 23.2 Å². The molecule has 0 aliphatic rings. The van der Waals surface area contributed by atoms with Crippen molar-refractivity contribution in [3.63, 3.8) is 0 Å². The Bertz CT molecular complexity index is 1090. The number of nitro benzene ring substituents is 1. The molecule has 0 atom stereocenters. The minimum absolute atomic E-state index is 0.00411. The van der Waals surface area contributed by atoms with E-state index in [9.17, 15) is 10.1 Å². The first-order valence-corrected chi connectivity index (χ1v) is 7.01. The normalized spacial score (nSPS) is 11.5. The van der Waals surface area contributed by atoms with Crippen LogP contribution in [-0.4, -0.2) is 19.9 Å². The maximum atomic E-state index is 10.9. The van der Waals surface area contributed by atoms with Crippen LogP contribution in [-0.2, 0) is 0 Å². The number of nitrogens with zero attached hydrogens (tertiary/aromatic N) is 3. The van der Waals surface area contributed by atoms with E-state index in [1.807, 2.05) is 0 Å². The predicted molar refractivity (Wildman–Crippen MR) is 85.6 cm³/mol. The molecule has 2 aromatic heterocycles. The van der Waals surface area contributed by atoms with Gasteiger partial charge in [0.15, 0.2) is 5.65 Å². The highest BCUT2D eigenvalue weighted by Gasteiger charge is 2.14. The average Bonchev–Trinajstić information content (AvgIpc) is 2.83. The number of nitro groups is 1. The molecule has 0 bridgehead atoms. The van der Waals surface area contributed by atoms with E-state index >= 15 is 0 Å². The molecule has 0 amide bonds. The van der Waals surface area contributed by atoms with E-state index < -0.39 is 4.92 Å². The molecule has 0 saturated carbocycles. The van der Waals surface area contributed by atoms with Crippen LogP contribution in [0.15, 0.2) is 30.3 Å². The Labute approximate surface area is 132 Å². The number of H-pyrrole nitrogens is 1. The molecule has 1 N–H and O–H groups in total. The van der Waals surface area contributed by atoms with Crippen molar-refractivity contribution in [3.05, 3.63) is 50.5 Å². The first-order chi connectivity index (χ1) is 10.5. The van der Waals surface area contributed by atoms with Crippen molar-refractivity contribution >= 4 is 62.0 Å². The summed E-state index contributed by atoms with van der Waals surface area (Å²) in [6.07, 6.45) is 0. The maximum Gasteiger partial charge on any atom is 0.270 e. The molecule has 0 unspecified atom stereocenters. The van der Waals surface area contributed by atoms with Gasteiger partial charge in [-0.3, -0.25) is 10.1 Å². The number of hydrogen-bond acceptors (Lipinski definition) is 4. The van der Waals surface area contributed by atoms with Crippen molar-refractivity contribution in [1.29, 1.82) is 0 Å². The number of aromatic amines is 1. The van der Waals surface area contributed by atoms with Crippen LogP contribution in [0, 0.1) is 10.1 Å². The van der Waals surface area contributed by atoms with E-state index in [4.69, 9.17) is 23.2 Å². The Morgan fingerprint density at radius 3 is 2.41 bits per heavy atom. The van der Waals surface area contributed by atoms with E-state index in [1.54, 1.807) is 18.2 Å². The molecule has 0 fully saturated rings. The molecular formula is C14H6Cl2N4O2. The summed E-state index contributed by atoms with van der Waals surface area (Å²) in [5.41, 5.74) is 3.01. The molecule has 0 saturated heterocycles. The van der Waals surface area contributed by atoms with Gasteiger partial charge < -0.3 is 4.98 Å². The van der Waals surface area contributed by atoms with Crippen molar-refractivity contribution in [2.75, 3.05) is 0 Å². The topological polar surface area (TPSA) is 84.7 Å². The number of non-ortho nitro benzene ring substituents is 1. The van der Waals surface area contributed by atoms with Crippen LogP contribution in [0.25, 0.3) is 33.1 Å². The van der Waals surface area contributed by atoms with Crippen LogP contribution in [0.1, 0.15) is 0 Å². The van der Waals surface area contributed by atoms with Gasteiger partial charge in [-0.2, -0.15) is 0 Å². The van der Waals surface area contributed by atoms with Crippen molar-refractivity contribution in [2.45, 2.75) is 0 Å². The summed E-state index contributed by atoms with van der Waals surface area (Å²) in [5.74, 6) is 0. The number of nitrogens with one attached hydrogen (secondary N) is 1. The fourth-order valence-corrected chi connectivity index (χ4v) is 2.72. The molecule has 0 aliphatic heterocycles. The molecule has 2 aromatic carbocycles. The van der Waals surface area contributed by atoms with Gasteiger partial charge in [-0.25, -0.2) is 9.97 Å². The van der Waals surface area contributed by atoms with E-state index in [0.29, 0.717) is 37.6 Å². The Hall–Kier alpha value is -2.44. The number of rotatable bonds is 1. The van der Waals surface area contributed by atoms with Crippen LogP contribution in [0.5, 0.6) is 0 Å². The van der Waals surface area contributed by atoms with Gasteiger partial charge in [0.2, 0.25) is 0 Å². The van der Waals surface area contributed by atoms with Gasteiger partial charge in [-0.05, 0) is 18.2 Å². The predicted octanol–water partition coefficient (Wildman–Crippen LogP) is 4.48. The summed E-state index contributed by atoms with van der Waals surface area (Å²) in [7, 11) is 0. The summed E-state index contributed by atoms with van der Waals surface area (Å²) in [6.45, 7) is 0. The molecule has 4 rings (SSSR count). The number of aromatic nitrogens is 3. The van der Waals surface area contributed by atoms with Gasteiger partial charge in [-0.15, -0.1) is 0 Å². The number of hydrogen-bond donors (Lipinski definition) is 1. The van der Waals surface area contributed by atoms with Crippen LogP contribution >= 0.6 is 23.2 Å². The lowest BCUT2D eigenvalue weighted by Gasteiger charge is -2.00. The smallest absolute Gasteiger partial charge is 0.270 e. The van der Waals surface area contributed by atoms with Crippen LogP contribution in [0.3, 0.4) is 0 Å². The lowest BCUT2D eigenvalue weighted by atomic mass is 10.2. The van der Waals surface area contributed by atoms with Crippen molar-refractivity contribution in [3.8, 4) is 0 Å². The third-order valence-electron chi connectivity index (χ3n) is 3.43. The second kappa shape index (κ2) is 4.53. The molecule has 0 radical (unpaired) electrons. The maximum absolute atomic E-state index is 10.9. The monoisotopic (exact) mass is 332 g/mol. The van der Waals surface area contributed by atoms with Gasteiger partial charge >= 0.3 is 0 Å². The summed E-state index contributed by atoms with van der Waals surface area (Å²) >= 11 is 12.0. The summed E-state index contributed by atoms with van der Waals surface area (Å²) in [4.78, 5) is 22.6. The molecule has 0 spiro atoms. The van der Waals surface area contributed by atoms with Gasteiger partial charge in [0.25, 0.3) is 5.69 Å². The molecular weight excluding hydrogens is 327 g/mol. The SMILES string of the molecule is O=[N+]([O-])c1ccc2[nH]c3nc4cc(Cl)c(Cl)cc4nc3c2c1. The molecule has 2 heterocycles. The zero-order chi connectivity index (χ0) is 15.4. The zero-order valence-corrected chi connectivity index (χ0v) is 12.3. The first-order valence-electron chi connectivity index (χ1n) is 6.25. The molecule has 22 heavy (non-hydrogen) atoms. The van der Waals surface area contributed by atoms with Gasteiger partial charge in [0.05, 0.1) is 26.0 Å². The fourth-order valence-electron chi connectivity index (χ4n) is 2.40. The Balaban J connectivity index is 2.12. The number of benzene rings is 2. The second-order valence-corrected chi connectivity index (χ2v) is 5.60. The average molecular weight is 333 g/mol. The van der Waals surface area contributed by atoms with E-state index in [0.717, 1.165) is 5.52 Å². The highest BCUT2D eigenvalue weighted by Crippen LogP contribution is 2.31. The minimum atomic E-state index is -0.441. The molecule has 108 valence electrons. The zero-order valence-electron chi connectivity index (χ0n) is 10.8. The van der Waals surface area contributed by atoms with E-state index in [2.05, 4.69) is 15.0 Å². The third kappa shape index (κ3) is 1.88. The van der Waals surface area contributed by atoms with Crippen LogP contribution in [0.4, 0.5) is 5.69 Å². The van der Waals surface area contributed by atoms with E-state index in [1.165, 1.54) is 12.1 Å².